The fourth-order valence-electron chi connectivity index (χ4n) is 1.03. The van der Waals surface area contributed by atoms with Crippen molar-refractivity contribution in [3.8, 4) is 0 Å². The summed E-state index contributed by atoms with van der Waals surface area (Å²) in [6.07, 6.45) is 0. The molecular formula is C9H6ClF3O. The van der Waals surface area contributed by atoms with E-state index >= 15 is 0 Å². The summed E-state index contributed by atoms with van der Waals surface area (Å²) < 4.78 is 37.4. The second-order valence-corrected chi connectivity index (χ2v) is 3.26. The van der Waals surface area contributed by atoms with Crippen LogP contribution < -0.4 is 0 Å². The number of rotatable bonds is 2. The summed E-state index contributed by atoms with van der Waals surface area (Å²) in [7, 11) is 0. The lowest BCUT2D eigenvalue weighted by molar-refractivity contribution is 0.0535. The molecule has 14 heavy (non-hydrogen) atoms. The quantitative estimate of drug-likeness (QED) is 0.555. The molecule has 0 unspecified atom stereocenters. The van der Waals surface area contributed by atoms with E-state index in [2.05, 4.69) is 11.6 Å². The molecule has 1 nitrogen and oxygen atoms in total. The first kappa shape index (κ1) is 11.0. The molecule has 0 radical (unpaired) electrons. The molecule has 0 fully saturated rings. The molecule has 0 N–H and O–H groups in total. The monoisotopic (exact) mass is 222 g/mol. The van der Waals surface area contributed by atoms with E-state index in [1.54, 1.807) is 0 Å². The number of Topliss-reactive ketones (excluding diaryl/α,β-unsaturated/α-hetero) is 1. The van der Waals surface area contributed by atoms with Crippen LogP contribution in [0.3, 0.4) is 0 Å². The molecule has 0 heterocycles. The predicted molar refractivity (Wildman–Crippen MR) is 46.3 cm³/mol. The third kappa shape index (κ3) is 2.26. The first-order valence-corrected chi connectivity index (χ1v) is 4.08. The number of aryl methyl sites for hydroxylation is 1. The number of hydrogen-bond donors (Lipinski definition) is 0. The highest BCUT2D eigenvalue weighted by atomic mass is 35.5. The number of carbonyl (C=O) groups is 1. The van der Waals surface area contributed by atoms with Crippen LogP contribution in [0.25, 0.3) is 0 Å². The van der Waals surface area contributed by atoms with Gasteiger partial charge in [-0.2, -0.15) is 8.78 Å². The van der Waals surface area contributed by atoms with Crippen molar-refractivity contribution < 1.29 is 18.0 Å². The summed E-state index contributed by atoms with van der Waals surface area (Å²) >= 11 is 4.55. The van der Waals surface area contributed by atoms with Crippen molar-refractivity contribution in [2.75, 3.05) is 0 Å². The molecule has 0 bridgehead atoms. The van der Waals surface area contributed by atoms with E-state index in [4.69, 9.17) is 0 Å². The van der Waals surface area contributed by atoms with Gasteiger partial charge in [-0.1, -0.05) is 0 Å². The second kappa shape index (κ2) is 3.61. The Morgan fingerprint density at radius 2 is 2.00 bits per heavy atom. The Morgan fingerprint density at radius 1 is 1.43 bits per heavy atom. The van der Waals surface area contributed by atoms with Crippen LogP contribution in [0.5, 0.6) is 0 Å². The van der Waals surface area contributed by atoms with E-state index in [-0.39, 0.29) is 11.1 Å². The minimum Gasteiger partial charge on any atom is -0.286 e. The van der Waals surface area contributed by atoms with E-state index in [0.29, 0.717) is 0 Å². The molecule has 0 amide bonds. The first-order chi connectivity index (χ1) is 6.32. The number of hydrogen-bond acceptors (Lipinski definition) is 1. The minimum atomic E-state index is -3.94. The lowest BCUT2D eigenvalue weighted by Gasteiger charge is -2.08. The third-order valence-electron chi connectivity index (χ3n) is 1.69. The van der Waals surface area contributed by atoms with Crippen LogP contribution in [-0.2, 0) is 0 Å². The lowest BCUT2D eigenvalue weighted by atomic mass is 10.0. The van der Waals surface area contributed by atoms with Crippen molar-refractivity contribution >= 4 is 17.4 Å². The Bertz CT molecular complexity index is 371. The fraction of sp³-hybridized carbons (Fsp3) is 0.222. The van der Waals surface area contributed by atoms with Gasteiger partial charge in [-0.15, -0.1) is 0 Å². The molecule has 1 rings (SSSR count). The first-order valence-electron chi connectivity index (χ1n) is 3.70. The SMILES string of the molecule is Cc1cc(F)ccc1C(=O)C(F)(F)Cl. The van der Waals surface area contributed by atoms with Crippen LogP contribution in [0.4, 0.5) is 13.2 Å². The Kier molecular flexibility index (Phi) is 2.85. The van der Waals surface area contributed by atoms with Gasteiger partial charge in [-0.05, 0) is 42.3 Å². The van der Waals surface area contributed by atoms with Crippen LogP contribution in [-0.4, -0.2) is 11.2 Å². The standard InChI is InChI=1S/C9H6ClF3O/c1-5-4-6(11)2-3-7(5)8(14)9(10,12)13/h2-4H,1H3. The fourth-order valence-corrected chi connectivity index (χ4v) is 1.14. The molecule has 1 aromatic carbocycles. The Morgan fingerprint density at radius 3 is 2.43 bits per heavy atom. The number of benzene rings is 1. The molecule has 0 atom stereocenters. The number of carbonyl (C=O) groups excluding carboxylic acids is 1. The molecule has 0 aliphatic heterocycles. The van der Waals surface area contributed by atoms with E-state index in [0.717, 1.165) is 18.2 Å². The summed E-state index contributed by atoms with van der Waals surface area (Å²) in [6.45, 7) is 1.36. The van der Waals surface area contributed by atoms with Crippen molar-refractivity contribution in [3.63, 3.8) is 0 Å². The molecule has 0 aliphatic rings. The predicted octanol–water partition coefficient (Wildman–Crippen LogP) is 3.15. The van der Waals surface area contributed by atoms with Crippen LogP contribution >= 0.6 is 11.6 Å². The van der Waals surface area contributed by atoms with Gasteiger partial charge in [0.1, 0.15) is 5.82 Å². The zero-order chi connectivity index (χ0) is 10.9. The maximum atomic E-state index is 12.6. The highest BCUT2D eigenvalue weighted by molar-refractivity contribution is 6.35. The molecule has 0 aromatic heterocycles. The van der Waals surface area contributed by atoms with Crippen LogP contribution in [0, 0.1) is 12.7 Å². The molecule has 1 aromatic rings. The van der Waals surface area contributed by atoms with Crippen LogP contribution in [0.1, 0.15) is 15.9 Å². The average molecular weight is 223 g/mol. The van der Waals surface area contributed by atoms with Crippen LogP contribution in [0.15, 0.2) is 18.2 Å². The van der Waals surface area contributed by atoms with Gasteiger partial charge in [0.25, 0.3) is 0 Å². The molecular weight excluding hydrogens is 217 g/mol. The summed E-state index contributed by atoms with van der Waals surface area (Å²) in [5.41, 5.74) is -0.137. The van der Waals surface area contributed by atoms with E-state index in [9.17, 15) is 18.0 Å². The van der Waals surface area contributed by atoms with Gasteiger partial charge in [0.2, 0.25) is 5.78 Å². The highest BCUT2D eigenvalue weighted by Crippen LogP contribution is 2.26. The summed E-state index contributed by atoms with van der Waals surface area (Å²) in [5.74, 6) is -2.10. The smallest absolute Gasteiger partial charge is 0.286 e. The van der Waals surface area contributed by atoms with Crippen molar-refractivity contribution in [2.24, 2.45) is 0 Å². The zero-order valence-corrected chi connectivity index (χ0v) is 7.91. The zero-order valence-electron chi connectivity index (χ0n) is 7.15. The van der Waals surface area contributed by atoms with Gasteiger partial charge < -0.3 is 0 Å². The Labute approximate surface area is 83.5 Å². The van der Waals surface area contributed by atoms with Gasteiger partial charge in [-0.25, -0.2) is 4.39 Å². The van der Waals surface area contributed by atoms with Crippen molar-refractivity contribution in [1.29, 1.82) is 0 Å². The molecule has 0 aliphatic carbocycles. The molecule has 0 spiro atoms. The van der Waals surface area contributed by atoms with Crippen molar-refractivity contribution in [1.82, 2.24) is 0 Å². The molecule has 76 valence electrons. The highest BCUT2D eigenvalue weighted by Gasteiger charge is 2.37. The van der Waals surface area contributed by atoms with Gasteiger partial charge in [-0.3, -0.25) is 4.79 Å². The molecule has 0 saturated heterocycles. The largest absolute Gasteiger partial charge is 0.384 e. The van der Waals surface area contributed by atoms with Crippen LogP contribution in [0.2, 0.25) is 0 Å². The van der Waals surface area contributed by atoms with Crippen molar-refractivity contribution in [3.05, 3.63) is 35.1 Å². The average Bonchev–Trinajstić information content (AvgIpc) is 2.01. The maximum Gasteiger partial charge on any atom is 0.384 e. The Hall–Kier alpha value is -1.03. The molecule has 0 saturated carbocycles. The summed E-state index contributed by atoms with van der Waals surface area (Å²) in [5, 5.41) is -3.94. The van der Waals surface area contributed by atoms with Gasteiger partial charge >= 0.3 is 5.38 Å². The van der Waals surface area contributed by atoms with E-state index in [1.807, 2.05) is 0 Å². The number of alkyl halides is 3. The molecule has 5 heteroatoms. The van der Waals surface area contributed by atoms with Gasteiger partial charge in [0.05, 0.1) is 0 Å². The number of ketones is 1. The number of halogens is 4. The van der Waals surface area contributed by atoms with Gasteiger partial charge in [0.15, 0.2) is 0 Å². The lowest BCUT2D eigenvalue weighted by Crippen LogP contribution is -2.22. The minimum absolute atomic E-state index is 0.135. The summed E-state index contributed by atoms with van der Waals surface area (Å²) in [4.78, 5) is 11.0. The third-order valence-corrected chi connectivity index (χ3v) is 1.86. The van der Waals surface area contributed by atoms with E-state index < -0.39 is 17.0 Å². The summed E-state index contributed by atoms with van der Waals surface area (Å²) in [6, 6.07) is 2.92. The van der Waals surface area contributed by atoms with Crippen molar-refractivity contribution in [2.45, 2.75) is 12.3 Å². The second-order valence-electron chi connectivity index (χ2n) is 2.79. The van der Waals surface area contributed by atoms with E-state index in [1.165, 1.54) is 6.92 Å². The topological polar surface area (TPSA) is 17.1 Å². The Balaban J connectivity index is 3.15. The van der Waals surface area contributed by atoms with Gasteiger partial charge in [0, 0.05) is 5.56 Å². The maximum absolute atomic E-state index is 12.6. The normalized spacial score (nSPS) is 11.5.